The van der Waals surface area contributed by atoms with E-state index in [-0.39, 0.29) is 62.8 Å². The summed E-state index contributed by atoms with van der Waals surface area (Å²) in [5.74, 6) is 0.435. The van der Waals surface area contributed by atoms with Crippen LogP contribution >= 0.6 is 23.2 Å². The molecule has 6 rings (SSSR count). The Morgan fingerprint density at radius 2 is 1.86 bits per heavy atom. The van der Waals surface area contributed by atoms with E-state index in [0.29, 0.717) is 28.0 Å². The molecule has 4 aromatic rings. The number of tetrazole rings is 1. The first-order chi connectivity index (χ1) is 17.0. The van der Waals surface area contributed by atoms with E-state index in [1.807, 2.05) is 54.6 Å². The van der Waals surface area contributed by atoms with Crippen molar-refractivity contribution in [2.24, 2.45) is 0 Å². The summed E-state index contributed by atoms with van der Waals surface area (Å²) in [5.41, 5.74) is 5.50. The Bertz CT molecular complexity index is 1410. The molecule has 1 N–H and O–H groups in total. The van der Waals surface area contributed by atoms with Gasteiger partial charge in [-0.25, -0.2) is 0 Å². The second-order valence-electron chi connectivity index (χ2n) is 9.05. The number of hydrogen-bond donors (Lipinski definition) is 1. The summed E-state index contributed by atoms with van der Waals surface area (Å²) >= 11 is 12.3. The minimum Gasteiger partial charge on any atom is -0.366 e. The van der Waals surface area contributed by atoms with E-state index in [1.165, 1.54) is 5.56 Å². The smallest absolute Gasteiger partial charge is 0.366 e. The maximum Gasteiger partial charge on any atom is 1.00 e. The Hall–Kier alpha value is -1.78. The van der Waals surface area contributed by atoms with E-state index in [2.05, 4.69) is 36.9 Å². The van der Waals surface area contributed by atoms with Gasteiger partial charge in [0.2, 0.25) is 0 Å². The van der Waals surface area contributed by atoms with Crippen molar-refractivity contribution in [1.82, 2.24) is 25.9 Å². The van der Waals surface area contributed by atoms with Crippen molar-refractivity contribution in [3.05, 3.63) is 93.0 Å². The van der Waals surface area contributed by atoms with E-state index in [1.54, 1.807) is 0 Å². The van der Waals surface area contributed by atoms with Crippen LogP contribution in [0, 0.1) is 0 Å². The molecule has 0 bridgehead atoms. The van der Waals surface area contributed by atoms with Gasteiger partial charge >= 0.3 is 51.4 Å². The van der Waals surface area contributed by atoms with Crippen LogP contribution in [0.5, 0.6) is 0 Å². The maximum atomic E-state index is 13.6. The number of amides is 1. The number of carbonyl (C=O) groups excluding carboxylic acids is 1. The minimum atomic E-state index is -0.352. The van der Waals surface area contributed by atoms with Gasteiger partial charge in [-0.1, -0.05) is 65.7 Å². The number of hydrogen-bond acceptors (Lipinski definition) is 5. The van der Waals surface area contributed by atoms with Crippen LogP contribution in [-0.2, 0) is 18.5 Å². The van der Waals surface area contributed by atoms with Gasteiger partial charge in [0.25, 0.3) is 5.91 Å². The Kier molecular flexibility index (Phi) is 7.56. The molecular weight excluding hydrogens is 522 g/mol. The maximum absolute atomic E-state index is 13.6. The molecule has 0 saturated heterocycles. The van der Waals surface area contributed by atoms with Crippen molar-refractivity contribution in [2.75, 3.05) is 11.4 Å². The molecule has 1 aliphatic carbocycles. The van der Waals surface area contributed by atoms with Gasteiger partial charge in [0.15, 0.2) is 0 Å². The average molecular weight is 543 g/mol. The van der Waals surface area contributed by atoms with Crippen LogP contribution in [0.2, 0.25) is 10.0 Å². The second-order valence-corrected chi connectivity index (χ2v) is 9.86. The number of nitrogens with one attached hydrogen (secondary N) is 1. The molecule has 2 aliphatic rings. The van der Waals surface area contributed by atoms with Crippen molar-refractivity contribution in [1.29, 1.82) is 0 Å². The van der Waals surface area contributed by atoms with Gasteiger partial charge in [-0.3, -0.25) is 15.1 Å². The Balaban J connectivity index is 0.00000267. The van der Waals surface area contributed by atoms with Crippen LogP contribution in [0.15, 0.2) is 60.7 Å². The van der Waals surface area contributed by atoms with Gasteiger partial charge in [-0.15, -0.1) is 0 Å². The molecule has 36 heavy (non-hydrogen) atoms. The first kappa shape index (κ1) is 25.8. The summed E-state index contributed by atoms with van der Waals surface area (Å²) in [7, 11) is 0. The number of fused-ring (bicyclic) bond motifs is 1. The summed E-state index contributed by atoms with van der Waals surface area (Å²) in [6.07, 6.45) is 2.70. The molecule has 2 heterocycles. The van der Waals surface area contributed by atoms with Crippen LogP contribution in [0.1, 0.15) is 39.9 Å². The summed E-state index contributed by atoms with van der Waals surface area (Å²) < 4.78 is 0. The number of halogens is 2. The minimum absolute atomic E-state index is 0. The Morgan fingerprint density at radius 1 is 1.06 bits per heavy atom. The summed E-state index contributed by atoms with van der Waals surface area (Å²) in [5, 5.41) is 19.3. The topological polar surface area (TPSA) is 85.1 Å². The van der Waals surface area contributed by atoms with E-state index < -0.39 is 0 Å². The first-order valence-corrected chi connectivity index (χ1v) is 12.2. The molecule has 10 heteroatoms. The summed E-state index contributed by atoms with van der Waals surface area (Å²) in [6.45, 7) is 1.51. The van der Waals surface area contributed by atoms with Crippen LogP contribution in [0.3, 0.4) is 0 Å². The third-order valence-corrected chi connectivity index (χ3v) is 7.55. The van der Waals surface area contributed by atoms with Crippen molar-refractivity contribution in [3.63, 3.8) is 0 Å². The summed E-state index contributed by atoms with van der Waals surface area (Å²) in [6, 6.07) is 19.6. The molecule has 1 fully saturated rings. The van der Waals surface area contributed by atoms with Crippen molar-refractivity contribution in [3.8, 4) is 11.4 Å². The fourth-order valence-electron chi connectivity index (χ4n) is 4.83. The van der Waals surface area contributed by atoms with Crippen LogP contribution in [0.25, 0.3) is 11.4 Å². The molecule has 1 amide bonds. The predicted octanol–water partition coefficient (Wildman–Crippen LogP) is 1.79. The number of anilines is 1. The molecule has 3 aromatic carbocycles. The van der Waals surface area contributed by atoms with Crippen LogP contribution < -0.4 is 66.7 Å². The fraction of sp³-hybridized carbons (Fsp3) is 0.231. The van der Waals surface area contributed by atoms with Crippen molar-refractivity contribution in [2.45, 2.75) is 31.3 Å². The number of rotatable bonds is 6. The molecule has 0 spiro atoms. The van der Waals surface area contributed by atoms with Crippen molar-refractivity contribution >= 4 is 34.8 Å². The SMILES string of the molecule is O=C(NC1(c2ccc(-c3nnn[n-]3)cc2)CC1)c1cccc2c1N(Cc1ccc(Cl)c(Cl)c1)CC2.[K+]. The zero-order chi connectivity index (χ0) is 24.0. The van der Waals surface area contributed by atoms with Crippen LogP contribution in [-0.4, -0.2) is 28.0 Å². The normalized spacial score (nSPS) is 15.2. The van der Waals surface area contributed by atoms with Gasteiger partial charge in [0, 0.05) is 18.9 Å². The number of aromatic nitrogens is 4. The number of benzene rings is 3. The first-order valence-electron chi connectivity index (χ1n) is 11.5. The Morgan fingerprint density at radius 3 is 2.56 bits per heavy atom. The third-order valence-electron chi connectivity index (χ3n) is 6.81. The quantitative estimate of drug-likeness (QED) is 0.374. The standard InChI is InChI=1S/C26H22Cl2N6O.K/c27-21-9-4-16(14-22(21)28)15-34-13-10-17-2-1-3-20(23(17)34)25(35)29-26(11-12-26)19-7-5-18(6-8-19)24-30-32-33-31-24;/h1-9,14H,10-13,15H2,(H2,29,30,31,32,33,35);/q;+1/p-1. The largest absolute Gasteiger partial charge is 1.00 e. The molecule has 0 unspecified atom stereocenters. The van der Waals surface area contributed by atoms with Gasteiger partial charge < -0.3 is 15.3 Å². The van der Waals surface area contributed by atoms with Crippen LogP contribution in [0.4, 0.5) is 5.69 Å². The number of para-hydroxylation sites is 1. The fourth-order valence-corrected chi connectivity index (χ4v) is 5.15. The molecular formula is C26H21Cl2KN6O. The van der Waals surface area contributed by atoms with E-state index in [0.717, 1.165) is 48.2 Å². The second kappa shape index (κ2) is 10.5. The van der Waals surface area contributed by atoms with Gasteiger partial charge in [0.1, 0.15) is 0 Å². The molecule has 7 nitrogen and oxygen atoms in total. The van der Waals surface area contributed by atoms with Gasteiger partial charge in [-0.05, 0) is 59.7 Å². The molecule has 1 aliphatic heterocycles. The number of carbonyl (C=O) groups is 1. The zero-order valence-electron chi connectivity index (χ0n) is 19.7. The molecule has 1 saturated carbocycles. The molecule has 176 valence electrons. The average Bonchev–Trinajstić information content (AvgIpc) is 3.26. The third kappa shape index (κ3) is 5.00. The molecule has 0 atom stereocenters. The van der Waals surface area contributed by atoms with E-state index in [9.17, 15) is 4.79 Å². The van der Waals surface area contributed by atoms with Gasteiger partial charge in [0.05, 0.1) is 26.8 Å². The Labute approximate surface area is 261 Å². The monoisotopic (exact) mass is 542 g/mol. The van der Waals surface area contributed by atoms with E-state index >= 15 is 0 Å². The zero-order valence-corrected chi connectivity index (χ0v) is 24.3. The molecule has 0 radical (unpaired) electrons. The van der Waals surface area contributed by atoms with E-state index in [4.69, 9.17) is 23.2 Å². The van der Waals surface area contributed by atoms with Gasteiger partial charge in [-0.2, -0.15) is 5.21 Å². The predicted molar refractivity (Wildman–Crippen MR) is 135 cm³/mol. The molecule has 1 aromatic heterocycles. The van der Waals surface area contributed by atoms with Crippen molar-refractivity contribution < 1.29 is 56.2 Å². The summed E-state index contributed by atoms with van der Waals surface area (Å²) in [4.78, 5) is 15.8. The number of nitrogens with zero attached hydrogens (tertiary/aromatic N) is 5.